The first-order valence-electron chi connectivity index (χ1n) is 10.6. The van der Waals surface area contributed by atoms with Gasteiger partial charge in [-0.1, -0.05) is 42.5 Å². The molecular formula is C26H21FN2O5. The first-order chi connectivity index (χ1) is 16.5. The molecule has 0 aliphatic carbocycles. The van der Waals surface area contributed by atoms with Gasteiger partial charge in [-0.2, -0.15) is 0 Å². The molecule has 2 N–H and O–H groups in total. The fraction of sp³-hybridized carbons (Fsp3) is 0.115. The van der Waals surface area contributed by atoms with E-state index < -0.39 is 29.8 Å². The Balaban J connectivity index is 1.64. The molecule has 1 atom stereocenters. The molecule has 1 unspecified atom stereocenters. The standard InChI is InChI=1S/C26H21FN2O5/c1-2-33-25(31)21-22(16-6-4-3-5-7-16)28-26(32)29-23(21)17-10-14-20(15-11-17)34-24(30)18-8-12-19(27)13-9-18/h3-15,23H,2H2,1H3,(H2,28,29,32). The summed E-state index contributed by atoms with van der Waals surface area (Å²) >= 11 is 0. The summed E-state index contributed by atoms with van der Waals surface area (Å²) in [6.07, 6.45) is 0. The molecule has 3 aromatic rings. The smallest absolute Gasteiger partial charge is 0.343 e. The average Bonchev–Trinajstić information content (AvgIpc) is 2.85. The number of carbonyl (C=O) groups excluding carboxylic acids is 3. The van der Waals surface area contributed by atoms with Crippen LogP contribution in [0.3, 0.4) is 0 Å². The Hall–Kier alpha value is -4.46. The third kappa shape index (κ3) is 4.96. The molecule has 3 aromatic carbocycles. The lowest BCUT2D eigenvalue weighted by Gasteiger charge is -2.29. The fourth-order valence-corrected chi connectivity index (χ4v) is 3.56. The van der Waals surface area contributed by atoms with E-state index in [9.17, 15) is 18.8 Å². The maximum Gasteiger partial charge on any atom is 0.343 e. The predicted octanol–water partition coefficient (Wildman–Crippen LogP) is 4.37. The fourth-order valence-electron chi connectivity index (χ4n) is 3.56. The van der Waals surface area contributed by atoms with Crippen LogP contribution < -0.4 is 15.4 Å². The number of rotatable bonds is 6. The van der Waals surface area contributed by atoms with Crippen molar-refractivity contribution in [2.24, 2.45) is 0 Å². The van der Waals surface area contributed by atoms with Crippen LogP contribution in [0.4, 0.5) is 9.18 Å². The number of benzene rings is 3. The van der Waals surface area contributed by atoms with E-state index in [-0.39, 0.29) is 23.5 Å². The second-order valence-electron chi connectivity index (χ2n) is 7.37. The van der Waals surface area contributed by atoms with Gasteiger partial charge in [0.15, 0.2) is 0 Å². The van der Waals surface area contributed by atoms with E-state index >= 15 is 0 Å². The normalized spacial score (nSPS) is 15.2. The summed E-state index contributed by atoms with van der Waals surface area (Å²) < 4.78 is 23.7. The van der Waals surface area contributed by atoms with Crippen molar-refractivity contribution in [2.75, 3.05) is 6.61 Å². The SMILES string of the molecule is CCOC(=O)C1=C(c2ccccc2)NC(=O)NC1c1ccc(OC(=O)c2ccc(F)cc2)cc1. The highest BCUT2D eigenvalue weighted by Gasteiger charge is 2.34. The number of carbonyl (C=O) groups is 3. The minimum Gasteiger partial charge on any atom is -0.463 e. The van der Waals surface area contributed by atoms with E-state index in [1.807, 2.05) is 6.07 Å². The summed E-state index contributed by atoms with van der Waals surface area (Å²) in [5.74, 6) is -1.40. The second kappa shape index (κ2) is 9.99. The maximum atomic E-state index is 13.1. The second-order valence-corrected chi connectivity index (χ2v) is 7.37. The van der Waals surface area contributed by atoms with Gasteiger partial charge in [-0.05, 0) is 54.4 Å². The summed E-state index contributed by atoms with van der Waals surface area (Å²) in [6, 6.07) is 19.2. The van der Waals surface area contributed by atoms with Crippen molar-refractivity contribution in [3.63, 3.8) is 0 Å². The molecule has 1 heterocycles. The largest absolute Gasteiger partial charge is 0.463 e. The van der Waals surface area contributed by atoms with Gasteiger partial charge in [-0.3, -0.25) is 0 Å². The Kier molecular flexibility index (Phi) is 6.68. The van der Waals surface area contributed by atoms with Gasteiger partial charge in [0, 0.05) is 0 Å². The molecule has 0 bridgehead atoms. The molecule has 0 aromatic heterocycles. The zero-order valence-electron chi connectivity index (χ0n) is 18.2. The molecule has 0 saturated carbocycles. The molecule has 4 rings (SSSR count). The van der Waals surface area contributed by atoms with Crippen LogP contribution in [-0.2, 0) is 9.53 Å². The molecule has 0 spiro atoms. The lowest BCUT2D eigenvalue weighted by molar-refractivity contribution is -0.138. The lowest BCUT2D eigenvalue weighted by atomic mass is 9.92. The lowest BCUT2D eigenvalue weighted by Crippen LogP contribution is -2.45. The maximum absolute atomic E-state index is 13.1. The molecular weight excluding hydrogens is 439 g/mol. The van der Waals surface area contributed by atoms with Gasteiger partial charge >= 0.3 is 18.0 Å². The topological polar surface area (TPSA) is 93.7 Å². The van der Waals surface area contributed by atoms with Crippen molar-refractivity contribution in [2.45, 2.75) is 13.0 Å². The van der Waals surface area contributed by atoms with Gasteiger partial charge in [0.05, 0.1) is 29.5 Å². The number of hydrogen-bond acceptors (Lipinski definition) is 5. The van der Waals surface area contributed by atoms with Crippen molar-refractivity contribution in [3.8, 4) is 5.75 Å². The van der Waals surface area contributed by atoms with Crippen LogP contribution in [-0.4, -0.2) is 24.6 Å². The molecule has 1 aliphatic heterocycles. The number of nitrogens with one attached hydrogen (secondary N) is 2. The van der Waals surface area contributed by atoms with Gasteiger partial charge in [0.2, 0.25) is 0 Å². The summed E-state index contributed by atoms with van der Waals surface area (Å²) in [5, 5.41) is 5.48. The highest BCUT2D eigenvalue weighted by atomic mass is 19.1. The zero-order chi connectivity index (χ0) is 24.1. The van der Waals surface area contributed by atoms with E-state index in [4.69, 9.17) is 9.47 Å². The Morgan fingerprint density at radius 1 is 0.912 bits per heavy atom. The average molecular weight is 460 g/mol. The number of halogens is 1. The minimum atomic E-state index is -0.787. The minimum absolute atomic E-state index is 0.170. The number of ether oxygens (including phenoxy) is 2. The van der Waals surface area contributed by atoms with Gasteiger partial charge in [-0.25, -0.2) is 18.8 Å². The molecule has 7 nitrogen and oxygen atoms in total. The van der Waals surface area contributed by atoms with Crippen LogP contribution in [0, 0.1) is 5.82 Å². The summed E-state index contributed by atoms with van der Waals surface area (Å²) in [5.41, 5.74) is 2.07. The van der Waals surface area contributed by atoms with Gasteiger partial charge in [-0.15, -0.1) is 0 Å². The van der Waals surface area contributed by atoms with Crippen molar-refractivity contribution < 1.29 is 28.2 Å². The first kappa shape index (κ1) is 22.7. The van der Waals surface area contributed by atoms with E-state index in [1.54, 1.807) is 55.5 Å². The van der Waals surface area contributed by atoms with E-state index in [0.717, 1.165) is 0 Å². The van der Waals surface area contributed by atoms with Crippen LogP contribution >= 0.6 is 0 Å². The molecule has 172 valence electrons. The summed E-state index contributed by atoms with van der Waals surface area (Å²) in [4.78, 5) is 37.6. The third-order valence-electron chi connectivity index (χ3n) is 5.13. The number of esters is 2. The Morgan fingerprint density at radius 2 is 1.59 bits per heavy atom. The summed E-state index contributed by atoms with van der Waals surface area (Å²) in [7, 11) is 0. The van der Waals surface area contributed by atoms with Crippen LogP contribution in [0.15, 0.2) is 84.4 Å². The molecule has 1 aliphatic rings. The number of hydrogen-bond donors (Lipinski definition) is 2. The highest BCUT2D eigenvalue weighted by Crippen LogP contribution is 2.32. The summed E-state index contributed by atoms with van der Waals surface area (Å²) in [6.45, 7) is 1.87. The molecule has 0 radical (unpaired) electrons. The molecule has 0 fully saturated rings. The molecule has 8 heteroatoms. The van der Waals surface area contributed by atoms with Gasteiger partial charge < -0.3 is 20.1 Å². The molecule has 0 saturated heterocycles. The van der Waals surface area contributed by atoms with Crippen LogP contribution in [0.5, 0.6) is 5.75 Å². The Bertz CT molecular complexity index is 1240. The highest BCUT2D eigenvalue weighted by molar-refractivity contribution is 6.04. The quantitative estimate of drug-likeness (QED) is 0.421. The van der Waals surface area contributed by atoms with Gasteiger partial charge in [0.1, 0.15) is 11.6 Å². The Morgan fingerprint density at radius 3 is 2.24 bits per heavy atom. The van der Waals surface area contributed by atoms with E-state index in [0.29, 0.717) is 16.8 Å². The van der Waals surface area contributed by atoms with Crippen LogP contribution in [0.2, 0.25) is 0 Å². The first-order valence-corrected chi connectivity index (χ1v) is 10.6. The zero-order valence-corrected chi connectivity index (χ0v) is 18.2. The van der Waals surface area contributed by atoms with E-state index in [2.05, 4.69) is 10.6 Å². The van der Waals surface area contributed by atoms with Gasteiger partial charge in [0.25, 0.3) is 0 Å². The molecule has 34 heavy (non-hydrogen) atoms. The monoisotopic (exact) mass is 460 g/mol. The predicted molar refractivity (Wildman–Crippen MR) is 122 cm³/mol. The van der Waals surface area contributed by atoms with Crippen molar-refractivity contribution in [1.82, 2.24) is 10.6 Å². The van der Waals surface area contributed by atoms with Crippen LogP contribution in [0.1, 0.15) is 34.5 Å². The van der Waals surface area contributed by atoms with E-state index in [1.165, 1.54) is 24.3 Å². The van der Waals surface area contributed by atoms with Crippen molar-refractivity contribution >= 4 is 23.7 Å². The number of urea groups is 1. The molecule has 2 amide bonds. The third-order valence-corrected chi connectivity index (χ3v) is 5.13. The van der Waals surface area contributed by atoms with Crippen molar-refractivity contribution in [3.05, 3.63) is 107 Å². The van der Waals surface area contributed by atoms with Crippen molar-refractivity contribution in [1.29, 1.82) is 0 Å². The Labute approximate surface area is 195 Å². The number of amides is 2. The van der Waals surface area contributed by atoms with Crippen LogP contribution in [0.25, 0.3) is 5.70 Å².